The first-order valence-corrected chi connectivity index (χ1v) is 9.98. The Morgan fingerprint density at radius 2 is 1.67 bits per heavy atom. The van der Waals surface area contributed by atoms with Crippen molar-refractivity contribution in [2.75, 3.05) is 36.4 Å². The quantitative estimate of drug-likeness (QED) is 0.713. The molecule has 4 rings (SSSR count). The second-order valence-electron chi connectivity index (χ2n) is 7.44. The van der Waals surface area contributed by atoms with E-state index in [0.29, 0.717) is 32.1 Å². The Labute approximate surface area is 175 Å². The van der Waals surface area contributed by atoms with Gasteiger partial charge in [-0.3, -0.25) is 4.79 Å². The molecule has 1 saturated heterocycles. The molecular formula is C23H24FN5O. The van der Waals surface area contributed by atoms with Crippen molar-refractivity contribution in [3.8, 4) is 0 Å². The first-order chi connectivity index (χ1) is 14.5. The van der Waals surface area contributed by atoms with Crippen molar-refractivity contribution in [3.63, 3.8) is 0 Å². The number of anilines is 3. The number of amides is 1. The molecule has 154 valence electrons. The summed E-state index contributed by atoms with van der Waals surface area (Å²) in [7, 11) is 0. The van der Waals surface area contributed by atoms with E-state index in [1.807, 2.05) is 44.2 Å². The maximum atomic E-state index is 13.9. The van der Waals surface area contributed by atoms with Gasteiger partial charge in [0.25, 0.3) is 5.91 Å². The zero-order chi connectivity index (χ0) is 21.1. The van der Waals surface area contributed by atoms with Crippen molar-refractivity contribution in [2.24, 2.45) is 0 Å². The van der Waals surface area contributed by atoms with Gasteiger partial charge in [0.05, 0.1) is 5.56 Å². The molecule has 0 atom stereocenters. The maximum Gasteiger partial charge on any atom is 0.256 e. The van der Waals surface area contributed by atoms with Crippen molar-refractivity contribution in [1.29, 1.82) is 0 Å². The largest absolute Gasteiger partial charge is 0.353 e. The Balaban J connectivity index is 1.44. The summed E-state index contributed by atoms with van der Waals surface area (Å²) in [6, 6.07) is 16.1. The van der Waals surface area contributed by atoms with Gasteiger partial charge in [0.2, 0.25) is 5.95 Å². The lowest BCUT2D eigenvalue weighted by Gasteiger charge is -2.35. The van der Waals surface area contributed by atoms with Crippen molar-refractivity contribution < 1.29 is 9.18 Å². The van der Waals surface area contributed by atoms with Crippen LogP contribution in [0.3, 0.4) is 0 Å². The van der Waals surface area contributed by atoms with Gasteiger partial charge in [0, 0.05) is 43.6 Å². The molecule has 1 fully saturated rings. The van der Waals surface area contributed by atoms with Crippen LogP contribution in [0.15, 0.2) is 54.6 Å². The van der Waals surface area contributed by atoms with E-state index >= 15 is 0 Å². The number of carbonyl (C=O) groups is 1. The van der Waals surface area contributed by atoms with Gasteiger partial charge < -0.3 is 15.1 Å². The Bertz CT molecular complexity index is 1050. The lowest BCUT2D eigenvalue weighted by atomic mass is 10.1. The second kappa shape index (κ2) is 8.49. The van der Waals surface area contributed by atoms with Gasteiger partial charge in [-0.2, -0.15) is 4.98 Å². The zero-order valence-electron chi connectivity index (χ0n) is 17.1. The third-order valence-electron chi connectivity index (χ3n) is 5.14. The first-order valence-electron chi connectivity index (χ1n) is 9.98. The molecule has 1 aliphatic rings. The molecule has 30 heavy (non-hydrogen) atoms. The van der Waals surface area contributed by atoms with Crippen LogP contribution in [0.25, 0.3) is 0 Å². The maximum absolute atomic E-state index is 13.9. The third-order valence-corrected chi connectivity index (χ3v) is 5.14. The summed E-state index contributed by atoms with van der Waals surface area (Å²) >= 11 is 0. The number of aromatic nitrogens is 2. The molecule has 0 saturated carbocycles. The van der Waals surface area contributed by atoms with Gasteiger partial charge in [-0.25, -0.2) is 9.37 Å². The fourth-order valence-corrected chi connectivity index (χ4v) is 3.48. The Morgan fingerprint density at radius 3 is 2.37 bits per heavy atom. The number of hydrogen-bond donors (Lipinski definition) is 1. The summed E-state index contributed by atoms with van der Waals surface area (Å²) in [4.78, 5) is 25.6. The summed E-state index contributed by atoms with van der Waals surface area (Å²) in [5, 5.41) is 3.25. The molecule has 6 nitrogen and oxygen atoms in total. The number of piperazine rings is 1. The van der Waals surface area contributed by atoms with Gasteiger partial charge in [0.15, 0.2) is 0 Å². The monoisotopic (exact) mass is 405 g/mol. The summed E-state index contributed by atoms with van der Waals surface area (Å²) in [5.41, 5.74) is 3.10. The minimum atomic E-state index is -0.483. The van der Waals surface area contributed by atoms with Gasteiger partial charge in [-0.05, 0) is 38.1 Å². The molecule has 3 aromatic rings. The number of benzene rings is 2. The molecule has 0 spiro atoms. The highest BCUT2D eigenvalue weighted by Crippen LogP contribution is 2.21. The van der Waals surface area contributed by atoms with E-state index in [0.717, 1.165) is 17.2 Å². The second-order valence-corrected chi connectivity index (χ2v) is 7.44. The molecule has 0 aliphatic carbocycles. The molecule has 7 heteroatoms. The molecule has 0 unspecified atom stereocenters. The molecule has 0 radical (unpaired) electrons. The predicted octanol–water partition coefficient (Wildman–Crippen LogP) is 3.94. The molecular weight excluding hydrogens is 381 g/mol. The average molecular weight is 405 g/mol. The standard InChI is InChI=1S/C23H24FN5O/c1-16-7-9-18(10-8-16)26-23-25-17(2)15-21(27-23)28-11-13-29(14-12-28)22(30)19-5-3-4-6-20(19)24/h3-10,15H,11-14H2,1-2H3,(H,25,26,27). The van der Waals surface area contributed by atoms with E-state index < -0.39 is 5.82 Å². The summed E-state index contributed by atoms with van der Waals surface area (Å²) < 4.78 is 13.9. The van der Waals surface area contributed by atoms with E-state index in [9.17, 15) is 9.18 Å². The fourth-order valence-electron chi connectivity index (χ4n) is 3.48. The van der Waals surface area contributed by atoms with Crippen LogP contribution in [0.2, 0.25) is 0 Å². The number of nitrogens with zero attached hydrogens (tertiary/aromatic N) is 4. The van der Waals surface area contributed by atoms with Crippen molar-refractivity contribution >= 4 is 23.4 Å². The minimum Gasteiger partial charge on any atom is -0.353 e. The van der Waals surface area contributed by atoms with E-state index in [4.69, 9.17) is 0 Å². The van der Waals surface area contributed by atoms with E-state index in [1.54, 1.807) is 17.0 Å². The minimum absolute atomic E-state index is 0.119. The lowest BCUT2D eigenvalue weighted by Crippen LogP contribution is -2.49. The van der Waals surface area contributed by atoms with Crippen LogP contribution in [0.1, 0.15) is 21.6 Å². The van der Waals surface area contributed by atoms with Gasteiger partial charge >= 0.3 is 0 Å². The normalized spacial score (nSPS) is 14.0. The van der Waals surface area contributed by atoms with Crippen LogP contribution >= 0.6 is 0 Å². The van der Waals surface area contributed by atoms with Crippen LogP contribution < -0.4 is 10.2 Å². The van der Waals surface area contributed by atoms with Gasteiger partial charge in [0.1, 0.15) is 11.6 Å². The number of halogens is 1. The topological polar surface area (TPSA) is 61.4 Å². The number of rotatable bonds is 4. The molecule has 2 aromatic carbocycles. The third kappa shape index (κ3) is 4.40. The molecule has 2 heterocycles. The highest BCUT2D eigenvalue weighted by atomic mass is 19.1. The number of aryl methyl sites for hydroxylation is 2. The van der Waals surface area contributed by atoms with Crippen molar-refractivity contribution in [3.05, 3.63) is 77.2 Å². The Morgan fingerprint density at radius 1 is 0.967 bits per heavy atom. The van der Waals surface area contributed by atoms with E-state index in [1.165, 1.54) is 17.7 Å². The SMILES string of the molecule is Cc1ccc(Nc2nc(C)cc(N3CCN(C(=O)c4ccccc4F)CC3)n2)cc1. The number of nitrogens with one attached hydrogen (secondary N) is 1. The number of carbonyl (C=O) groups excluding carboxylic acids is 1. The number of hydrogen-bond acceptors (Lipinski definition) is 5. The molecule has 1 amide bonds. The van der Waals surface area contributed by atoms with E-state index in [-0.39, 0.29) is 11.5 Å². The molecule has 1 aliphatic heterocycles. The lowest BCUT2D eigenvalue weighted by molar-refractivity contribution is 0.0742. The van der Waals surface area contributed by atoms with Crippen LogP contribution in [-0.2, 0) is 0 Å². The van der Waals surface area contributed by atoms with Crippen LogP contribution in [0, 0.1) is 19.7 Å². The predicted molar refractivity (Wildman–Crippen MR) is 116 cm³/mol. The van der Waals surface area contributed by atoms with Crippen molar-refractivity contribution in [1.82, 2.24) is 14.9 Å². The van der Waals surface area contributed by atoms with Crippen molar-refractivity contribution in [2.45, 2.75) is 13.8 Å². The molecule has 1 N–H and O–H groups in total. The molecule has 1 aromatic heterocycles. The zero-order valence-corrected chi connectivity index (χ0v) is 17.1. The Kier molecular flexibility index (Phi) is 5.61. The van der Waals surface area contributed by atoms with E-state index in [2.05, 4.69) is 20.2 Å². The molecule has 0 bridgehead atoms. The highest BCUT2D eigenvalue weighted by molar-refractivity contribution is 5.94. The smallest absolute Gasteiger partial charge is 0.256 e. The highest BCUT2D eigenvalue weighted by Gasteiger charge is 2.25. The van der Waals surface area contributed by atoms with Crippen LogP contribution in [0.4, 0.5) is 21.8 Å². The average Bonchev–Trinajstić information content (AvgIpc) is 2.75. The van der Waals surface area contributed by atoms with Crippen LogP contribution in [-0.4, -0.2) is 47.0 Å². The Hall–Kier alpha value is -3.48. The fraction of sp³-hybridized carbons (Fsp3) is 0.261. The van der Waals surface area contributed by atoms with Gasteiger partial charge in [-0.1, -0.05) is 29.8 Å². The van der Waals surface area contributed by atoms with Crippen LogP contribution in [0.5, 0.6) is 0 Å². The summed E-state index contributed by atoms with van der Waals surface area (Å²) in [6.45, 7) is 6.25. The summed E-state index contributed by atoms with van der Waals surface area (Å²) in [5.74, 6) is 0.602. The first kappa shape index (κ1) is 19.8. The van der Waals surface area contributed by atoms with Gasteiger partial charge in [-0.15, -0.1) is 0 Å². The summed E-state index contributed by atoms with van der Waals surface area (Å²) in [6.07, 6.45) is 0.